The molecule has 0 saturated carbocycles. The summed E-state index contributed by atoms with van der Waals surface area (Å²) in [4.78, 5) is 10.6. The van der Waals surface area contributed by atoms with Crippen molar-refractivity contribution in [2.24, 2.45) is 5.92 Å². The van der Waals surface area contributed by atoms with Gasteiger partial charge in [0.15, 0.2) is 0 Å². The van der Waals surface area contributed by atoms with Crippen molar-refractivity contribution in [3.05, 3.63) is 29.6 Å². The molecule has 1 aromatic carbocycles. The molecule has 0 aromatic heterocycles. The first-order valence-corrected chi connectivity index (χ1v) is 6.69. The molecule has 1 aromatic rings. The first-order chi connectivity index (χ1) is 8.04. The van der Waals surface area contributed by atoms with Gasteiger partial charge in [-0.1, -0.05) is 6.92 Å². The van der Waals surface area contributed by atoms with E-state index in [1.54, 1.807) is 17.8 Å². The lowest BCUT2D eigenvalue weighted by molar-refractivity contribution is 0.0692. The van der Waals surface area contributed by atoms with Crippen molar-refractivity contribution in [3.63, 3.8) is 0 Å². The van der Waals surface area contributed by atoms with E-state index in [9.17, 15) is 9.18 Å². The van der Waals surface area contributed by atoms with E-state index in [4.69, 9.17) is 5.11 Å². The number of carboxylic acid groups (broad SMARTS) is 1. The lowest BCUT2D eigenvalue weighted by Gasteiger charge is -2.12. The Morgan fingerprint density at radius 2 is 2.29 bits per heavy atom. The fourth-order valence-electron chi connectivity index (χ4n) is 1.43. The summed E-state index contributed by atoms with van der Waals surface area (Å²) in [6.07, 6.45) is 2.04. The number of hydrogen-bond acceptors (Lipinski definition) is 3. The van der Waals surface area contributed by atoms with E-state index in [0.717, 1.165) is 12.3 Å². The number of carboxylic acids is 1. The van der Waals surface area contributed by atoms with Crippen molar-refractivity contribution in [1.82, 2.24) is 0 Å². The fraction of sp³-hybridized carbons (Fsp3) is 0.417. The van der Waals surface area contributed by atoms with Gasteiger partial charge in [-0.05, 0) is 36.1 Å². The Hall–Kier alpha value is -1.23. The van der Waals surface area contributed by atoms with Gasteiger partial charge < -0.3 is 10.4 Å². The van der Waals surface area contributed by atoms with Crippen LogP contribution in [-0.2, 0) is 0 Å². The van der Waals surface area contributed by atoms with Crippen LogP contribution in [0.3, 0.4) is 0 Å². The van der Waals surface area contributed by atoms with Crippen LogP contribution >= 0.6 is 11.8 Å². The molecule has 0 bridgehead atoms. The zero-order valence-electron chi connectivity index (χ0n) is 9.87. The molecular weight excluding hydrogens is 241 g/mol. The minimum absolute atomic E-state index is 0.298. The lowest BCUT2D eigenvalue weighted by Crippen LogP contribution is -2.13. The molecule has 2 N–H and O–H groups in total. The maximum atomic E-state index is 13.3. The van der Waals surface area contributed by atoms with Crippen LogP contribution in [0.1, 0.15) is 17.3 Å². The maximum absolute atomic E-state index is 13.3. The summed E-state index contributed by atoms with van der Waals surface area (Å²) in [5, 5.41) is 11.8. The molecule has 0 amide bonds. The second kappa shape index (κ2) is 6.49. The molecule has 0 aliphatic rings. The third-order valence-corrected chi connectivity index (χ3v) is 3.21. The molecule has 3 nitrogen and oxygen atoms in total. The summed E-state index contributed by atoms with van der Waals surface area (Å²) in [5.74, 6) is -0.445. The van der Waals surface area contributed by atoms with E-state index in [1.807, 2.05) is 6.26 Å². The second-order valence-electron chi connectivity index (χ2n) is 3.94. The third-order valence-electron chi connectivity index (χ3n) is 2.31. The largest absolute Gasteiger partial charge is 0.478 e. The highest BCUT2D eigenvalue weighted by Gasteiger charge is 2.10. The number of nitrogens with one attached hydrogen (secondary N) is 1. The van der Waals surface area contributed by atoms with Crippen molar-refractivity contribution in [3.8, 4) is 0 Å². The Morgan fingerprint density at radius 3 is 2.82 bits per heavy atom. The molecule has 0 fully saturated rings. The van der Waals surface area contributed by atoms with Crippen molar-refractivity contribution >= 4 is 23.4 Å². The van der Waals surface area contributed by atoms with Gasteiger partial charge in [0.2, 0.25) is 0 Å². The number of carbonyl (C=O) groups is 1. The van der Waals surface area contributed by atoms with Gasteiger partial charge in [0.1, 0.15) is 5.82 Å². The molecule has 1 rings (SSSR count). The summed E-state index contributed by atoms with van der Waals surface area (Å²) >= 11 is 1.76. The van der Waals surface area contributed by atoms with Gasteiger partial charge in [-0.25, -0.2) is 9.18 Å². The molecule has 5 heteroatoms. The first kappa shape index (κ1) is 13.8. The lowest BCUT2D eigenvalue weighted by atomic mass is 10.1. The van der Waals surface area contributed by atoms with E-state index in [1.165, 1.54) is 12.1 Å². The standard InChI is InChI=1S/C12H16FNO2S/c1-8(7-17-2)6-14-9-3-4-10(12(15)16)11(13)5-9/h3-5,8,14H,6-7H2,1-2H3,(H,15,16). The highest BCUT2D eigenvalue weighted by molar-refractivity contribution is 7.98. The minimum Gasteiger partial charge on any atom is -0.478 e. The average molecular weight is 257 g/mol. The van der Waals surface area contributed by atoms with Crippen molar-refractivity contribution < 1.29 is 14.3 Å². The quantitative estimate of drug-likeness (QED) is 0.822. The topological polar surface area (TPSA) is 49.3 Å². The van der Waals surface area contributed by atoms with Crippen LogP contribution in [0.5, 0.6) is 0 Å². The summed E-state index contributed by atoms with van der Waals surface area (Å²) in [6, 6.07) is 4.08. The van der Waals surface area contributed by atoms with Gasteiger partial charge >= 0.3 is 5.97 Å². The van der Waals surface area contributed by atoms with Gasteiger partial charge in [0.05, 0.1) is 5.56 Å². The smallest absolute Gasteiger partial charge is 0.338 e. The Kier molecular flexibility index (Phi) is 5.28. The van der Waals surface area contributed by atoms with Crippen LogP contribution in [0.4, 0.5) is 10.1 Å². The van der Waals surface area contributed by atoms with Crippen LogP contribution in [0, 0.1) is 11.7 Å². The minimum atomic E-state index is -1.25. The third kappa shape index (κ3) is 4.26. The molecule has 0 saturated heterocycles. The fourth-order valence-corrected chi connectivity index (χ4v) is 2.12. The molecule has 0 radical (unpaired) electrons. The van der Waals surface area contributed by atoms with E-state index in [0.29, 0.717) is 11.6 Å². The number of thioether (sulfide) groups is 1. The summed E-state index contributed by atoms with van der Waals surface area (Å²) in [6.45, 7) is 2.85. The molecule has 1 unspecified atom stereocenters. The van der Waals surface area contributed by atoms with Crippen LogP contribution in [0.2, 0.25) is 0 Å². The number of aromatic carboxylic acids is 1. The van der Waals surface area contributed by atoms with Crippen LogP contribution in [-0.4, -0.2) is 29.6 Å². The second-order valence-corrected chi connectivity index (χ2v) is 4.85. The molecule has 1 atom stereocenters. The van der Waals surface area contributed by atoms with E-state index in [2.05, 4.69) is 12.2 Å². The van der Waals surface area contributed by atoms with Gasteiger partial charge in [0, 0.05) is 12.2 Å². The van der Waals surface area contributed by atoms with Gasteiger partial charge in [0.25, 0.3) is 0 Å². The Morgan fingerprint density at radius 1 is 1.59 bits per heavy atom. The van der Waals surface area contributed by atoms with Crippen LogP contribution in [0.25, 0.3) is 0 Å². The predicted molar refractivity (Wildman–Crippen MR) is 69.4 cm³/mol. The average Bonchev–Trinajstić information content (AvgIpc) is 2.26. The van der Waals surface area contributed by atoms with E-state index >= 15 is 0 Å². The molecule has 0 spiro atoms. The molecule has 0 aliphatic heterocycles. The Balaban J connectivity index is 2.62. The monoisotopic (exact) mass is 257 g/mol. The molecular formula is C12H16FNO2S. The van der Waals surface area contributed by atoms with Crippen molar-refractivity contribution in [2.45, 2.75) is 6.92 Å². The van der Waals surface area contributed by atoms with Crippen molar-refractivity contribution in [1.29, 1.82) is 0 Å². The van der Waals surface area contributed by atoms with E-state index < -0.39 is 11.8 Å². The zero-order valence-corrected chi connectivity index (χ0v) is 10.7. The van der Waals surface area contributed by atoms with Crippen molar-refractivity contribution in [2.75, 3.05) is 23.9 Å². The number of anilines is 1. The summed E-state index contributed by atoms with van der Waals surface area (Å²) < 4.78 is 13.3. The van der Waals surface area contributed by atoms with Crippen LogP contribution in [0.15, 0.2) is 18.2 Å². The van der Waals surface area contributed by atoms with E-state index in [-0.39, 0.29) is 5.56 Å². The Labute approximate surface area is 104 Å². The van der Waals surface area contributed by atoms with Crippen LogP contribution < -0.4 is 5.32 Å². The molecule has 17 heavy (non-hydrogen) atoms. The molecule has 0 aliphatic carbocycles. The predicted octanol–water partition coefficient (Wildman–Crippen LogP) is 2.93. The number of hydrogen-bond donors (Lipinski definition) is 2. The molecule has 94 valence electrons. The number of rotatable bonds is 6. The number of benzene rings is 1. The highest BCUT2D eigenvalue weighted by Crippen LogP contribution is 2.15. The zero-order chi connectivity index (χ0) is 12.8. The first-order valence-electron chi connectivity index (χ1n) is 5.30. The van der Waals surface area contributed by atoms with Gasteiger partial charge in [-0.2, -0.15) is 11.8 Å². The normalized spacial score (nSPS) is 12.2. The van der Waals surface area contributed by atoms with Gasteiger partial charge in [-0.15, -0.1) is 0 Å². The SMILES string of the molecule is CSCC(C)CNc1ccc(C(=O)O)c(F)c1. The molecule has 0 heterocycles. The highest BCUT2D eigenvalue weighted by atomic mass is 32.2. The summed E-state index contributed by atoms with van der Waals surface area (Å²) in [5.41, 5.74) is 0.313. The Bertz CT molecular complexity index is 398. The maximum Gasteiger partial charge on any atom is 0.338 e. The summed E-state index contributed by atoms with van der Waals surface area (Å²) in [7, 11) is 0. The number of halogens is 1. The van der Waals surface area contributed by atoms with Gasteiger partial charge in [-0.3, -0.25) is 0 Å².